The molecule has 0 radical (unpaired) electrons. The average molecular weight is 312 g/mol. The second kappa shape index (κ2) is 5.72. The second-order valence-electron chi connectivity index (χ2n) is 4.85. The molecule has 0 spiro atoms. The Labute approximate surface area is 122 Å². The molecule has 114 valence electrons. The summed E-state index contributed by atoms with van der Waals surface area (Å²) in [7, 11) is -2.10. The van der Waals surface area contributed by atoms with Crippen LogP contribution >= 0.6 is 0 Å². The molecule has 0 aliphatic carbocycles. The lowest BCUT2D eigenvalue weighted by atomic mass is 10.1. The van der Waals surface area contributed by atoms with Gasteiger partial charge in [0.05, 0.1) is 25.0 Å². The molecule has 1 aromatic carbocycles. The molecule has 21 heavy (non-hydrogen) atoms. The first kappa shape index (κ1) is 15.3. The molecule has 1 atom stereocenters. The maximum Gasteiger partial charge on any atom is 0.311 e. The molecule has 1 heterocycles. The zero-order valence-electron chi connectivity index (χ0n) is 11.7. The van der Waals surface area contributed by atoms with Gasteiger partial charge in [-0.05, 0) is 18.2 Å². The van der Waals surface area contributed by atoms with Gasteiger partial charge in [0.1, 0.15) is 0 Å². The molecular formula is C13H16N2O5S. The predicted molar refractivity (Wildman–Crippen MR) is 77.4 cm³/mol. The predicted octanol–water partition coefficient (Wildman–Crippen LogP) is 0.584. The molecule has 8 heteroatoms. The highest BCUT2D eigenvalue weighted by molar-refractivity contribution is 7.92. The van der Waals surface area contributed by atoms with E-state index in [0.29, 0.717) is 11.4 Å². The van der Waals surface area contributed by atoms with Crippen LogP contribution in [0.1, 0.15) is 6.42 Å². The Bertz CT molecular complexity index is 671. The van der Waals surface area contributed by atoms with Crippen LogP contribution in [0.25, 0.3) is 0 Å². The standard InChI is InChI=1S/C13H16N2O5S/c1-20-13(17)9-6-12(16)15(8-9)11-5-3-4-10(7-11)14-21(2,18)19/h3-5,7,9,14H,6,8H2,1-2H3. The SMILES string of the molecule is COC(=O)C1CC(=O)N(c2cccc(NS(C)(=O)=O)c2)C1. The molecule has 7 nitrogen and oxygen atoms in total. The third kappa shape index (κ3) is 3.72. The Morgan fingerprint density at radius 2 is 2.14 bits per heavy atom. The first-order chi connectivity index (χ1) is 9.80. The molecule has 1 fully saturated rings. The molecule has 1 saturated heterocycles. The summed E-state index contributed by atoms with van der Waals surface area (Å²) in [4.78, 5) is 24.9. The van der Waals surface area contributed by atoms with Gasteiger partial charge in [0.15, 0.2) is 0 Å². The van der Waals surface area contributed by atoms with Crippen molar-refractivity contribution in [1.29, 1.82) is 0 Å². The van der Waals surface area contributed by atoms with Crippen molar-refractivity contribution in [3.63, 3.8) is 0 Å². The summed E-state index contributed by atoms with van der Waals surface area (Å²) in [5, 5.41) is 0. The van der Waals surface area contributed by atoms with Crippen LogP contribution in [0.4, 0.5) is 11.4 Å². The summed E-state index contributed by atoms with van der Waals surface area (Å²) in [6, 6.07) is 6.47. The number of ether oxygens (including phenoxy) is 1. The highest BCUT2D eigenvalue weighted by Crippen LogP contribution is 2.27. The van der Waals surface area contributed by atoms with Crippen LogP contribution < -0.4 is 9.62 Å². The summed E-state index contributed by atoms with van der Waals surface area (Å²) in [5.74, 6) is -1.10. The van der Waals surface area contributed by atoms with E-state index in [9.17, 15) is 18.0 Å². The maximum absolute atomic E-state index is 12.0. The number of benzene rings is 1. The quantitative estimate of drug-likeness (QED) is 0.821. The topological polar surface area (TPSA) is 92.8 Å². The third-order valence-electron chi connectivity index (χ3n) is 3.12. The van der Waals surface area contributed by atoms with Gasteiger partial charge in [-0.1, -0.05) is 6.07 Å². The Hall–Kier alpha value is -2.09. The number of hydrogen-bond donors (Lipinski definition) is 1. The number of nitrogens with zero attached hydrogens (tertiary/aromatic N) is 1. The van der Waals surface area contributed by atoms with Gasteiger partial charge in [0, 0.05) is 18.7 Å². The molecule has 1 unspecified atom stereocenters. The van der Waals surface area contributed by atoms with Gasteiger partial charge in [0.2, 0.25) is 15.9 Å². The Kier molecular flexibility index (Phi) is 4.17. The molecular weight excluding hydrogens is 296 g/mol. The van der Waals surface area contributed by atoms with E-state index in [0.717, 1.165) is 6.26 Å². The minimum Gasteiger partial charge on any atom is -0.469 e. The summed E-state index contributed by atoms with van der Waals surface area (Å²) in [6.45, 7) is 0.230. The summed E-state index contributed by atoms with van der Waals surface area (Å²) in [5.41, 5.74) is 0.907. The van der Waals surface area contributed by atoms with Gasteiger partial charge in [0.25, 0.3) is 0 Å². The Morgan fingerprint density at radius 3 is 2.76 bits per heavy atom. The Morgan fingerprint density at radius 1 is 1.43 bits per heavy atom. The van der Waals surface area contributed by atoms with E-state index in [1.165, 1.54) is 12.0 Å². The number of hydrogen-bond acceptors (Lipinski definition) is 5. The van der Waals surface area contributed by atoms with Crippen LogP contribution in [0.3, 0.4) is 0 Å². The number of nitrogens with one attached hydrogen (secondary N) is 1. The highest BCUT2D eigenvalue weighted by Gasteiger charge is 2.35. The van der Waals surface area contributed by atoms with E-state index >= 15 is 0 Å². The van der Waals surface area contributed by atoms with E-state index in [-0.39, 0.29) is 18.9 Å². The number of anilines is 2. The lowest BCUT2D eigenvalue weighted by molar-refractivity contribution is -0.145. The molecule has 2 rings (SSSR count). The summed E-state index contributed by atoms with van der Waals surface area (Å²) < 4.78 is 29.4. The summed E-state index contributed by atoms with van der Waals surface area (Å²) in [6.07, 6.45) is 1.14. The molecule has 1 aliphatic heterocycles. The van der Waals surface area contributed by atoms with Crippen molar-refractivity contribution in [2.24, 2.45) is 5.92 Å². The minimum atomic E-state index is -3.39. The van der Waals surface area contributed by atoms with Crippen LogP contribution in [-0.2, 0) is 24.3 Å². The van der Waals surface area contributed by atoms with E-state index in [4.69, 9.17) is 0 Å². The fourth-order valence-corrected chi connectivity index (χ4v) is 2.79. The van der Waals surface area contributed by atoms with Crippen LogP contribution in [0.15, 0.2) is 24.3 Å². The Balaban J connectivity index is 2.21. The fraction of sp³-hybridized carbons (Fsp3) is 0.385. The van der Waals surface area contributed by atoms with Gasteiger partial charge in [-0.15, -0.1) is 0 Å². The smallest absolute Gasteiger partial charge is 0.311 e. The molecule has 1 amide bonds. The molecule has 1 aromatic rings. The van der Waals surface area contributed by atoms with Crippen molar-refractivity contribution in [2.75, 3.05) is 29.5 Å². The van der Waals surface area contributed by atoms with E-state index < -0.39 is 21.9 Å². The van der Waals surface area contributed by atoms with E-state index in [1.54, 1.807) is 24.3 Å². The van der Waals surface area contributed by atoms with Gasteiger partial charge in [-0.25, -0.2) is 8.42 Å². The second-order valence-corrected chi connectivity index (χ2v) is 6.60. The molecule has 0 aromatic heterocycles. The molecule has 1 aliphatic rings. The van der Waals surface area contributed by atoms with Crippen molar-refractivity contribution in [1.82, 2.24) is 0 Å². The van der Waals surface area contributed by atoms with Crippen molar-refractivity contribution in [2.45, 2.75) is 6.42 Å². The molecule has 0 bridgehead atoms. The lowest BCUT2D eigenvalue weighted by Gasteiger charge is -2.17. The largest absolute Gasteiger partial charge is 0.469 e. The molecule has 1 N–H and O–H groups in total. The third-order valence-corrected chi connectivity index (χ3v) is 3.73. The van der Waals surface area contributed by atoms with Gasteiger partial charge >= 0.3 is 5.97 Å². The lowest BCUT2D eigenvalue weighted by Crippen LogP contribution is -2.26. The van der Waals surface area contributed by atoms with Gasteiger partial charge < -0.3 is 9.64 Å². The fourth-order valence-electron chi connectivity index (χ4n) is 2.23. The zero-order valence-corrected chi connectivity index (χ0v) is 12.5. The van der Waals surface area contributed by atoms with Crippen molar-refractivity contribution in [3.8, 4) is 0 Å². The van der Waals surface area contributed by atoms with Gasteiger partial charge in [-0.2, -0.15) is 0 Å². The number of carbonyl (C=O) groups is 2. The van der Waals surface area contributed by atoms with Crippen LogP contribution in [0.2, 0.25) is 0 Å². The monoisotopic (exact) mass is 312 g/mol. The number of carbonyl (C=O) groups excluding carboxylic acids is 2. The highest BCUT2D eigenvalue weighted by atomic mass is 32.2. The van der Waals surface area contributed by atoms with Gasteiger partial charge in [-0.3, -0.25) is 14.3 Å². The minimum absolute atomic E-state index is 0.0937. The maximum atomic E-state index is 12.0. The molecule has 0 saturated carbocycles. The van der Waals surface area contributed by atoms with Crippen LogP contribution in [0.5, 0.6) is 0 Å². The first-order valence-electron chi connectivity index (χ1n) is 6.26. The average Bonchev–Trinajstić information content (AvgIpc) is 2.78. The van der Waals surface area contributed by atoms with E-state index in [1.807, 2.05) is 0 Å². The number of amides is 1. The van der Waals surface area contributed by atoms with Crippen molar-refractivity contribution < 1.29 is 22.7 Å². The van der Waals surface area contributed by atoms with E-state index in [2.05, 4.69) is 9.46 Å². The van der Waals surface area contributed by atoms with Crippen molar-refractivity contribution in [3.05, 3.63) is 24.3 Å². The number of sulfonamides is 1. The van der Waals surface area contributed by atoms with Crippen molar-refractivity contribution >= 4 is 33.3 Å². The first-order valence-corrected chi connectivity index (χ1v) is 8.15. The normalized spacial score (nSPS) is 18.7. The number of methoxy groups -OCH3 is 1. The van der Waals surface area contributed by atoms with Crippen LogP contribution in [-0.4, -0.2) is 40.2 Å². The van der Waals surface area contributed by atoms with Crippen LogP contribution in [0, 0.1) is 5.92 Å². The zero-order chi connectivity index (χ0) is 15.6. The number of rotatable bonds is 4. The summed E-state index contributed by atoms with van der Waals surface area (Å²) >= 11 is 0. The number of esters is 1.